The Kier molecular flexibility index (Phi) is 3.06. The van der Waals surface area contributed by atoms with Crippen molar-refractivity contribution in [1.82, 2.24) is 19.6 Å². The number of nitrogens with one attached hydrogen (secondary N) is 2. The van der Waals surface area contributed by atoms with E-state index >= 15 is 0 Å². The van der Waals surface area contributed by atoms with Crippen molar-refractivity contribution in [2.75, 3.05) is 11.9 Å². The normalized spacial score (nSPS) is 14.9. The van der Waals surface area contributed by atoms with Crippen LogP contribution in [-0.2, 0) is 0 Å². The minimum absolute atomic E-state index is 0.248. The molecule has 0 aliphatic heterocycles. The molecule has 0 bridgehead atoms. The molecule has 0 atom stereocenters. The molecule has 0 spiro atoms. The van der Waals surface area contributed by atoms with Crippen molar-refractivity contribution in [1.29, 1.82) is 0 Å². The molecule has 3 rings (SSSR count). The van der Waals surface area contributed by atoms with Gasteiger partial charge < -0.3 is 5.32 Å². The van der Waals surface area contributed by atoms with Crippen LogP contribution in [0.3, 0.4) is 0 Å². The van der Waals surface area contributed by atoms with E-state index in [-0.39, 0.29) is 5.69 Å². The van der Waals surface area contributed by atoms with Crippen LogP contribution in [0.2, 0.25) is 0 Å². The van der Waals surface area contributed by atoms with E-state index in [1.165, 1.54) is 29.2 Å². The molecule has 19 heavy (non-hydrogen) atoms. The van der Waals surface area contributed by atoms with E-state index in [2.05, 4.69) is 26.6 Å². The van der Waals surface area contributed by atoms with Crippen LogP contribution < -0.4 is 11.0 Å². The third-order valence-corrected chi connectivity index (χ3v) is 3.46. The Morgan fingerprint density at radius 2 is 2.42 bits per heavy atom. The van der Waals surface area contributed by atoms with Crippen LogP contribution in [-0.4, -0.2) is 26.1 Å². The van der Waals surface area contributed by atoms with Gasteiger partial charge in [0.05, 0.1) is 0 Å². The number of aromatic nitrogens is 4. The maximum atomic E-state index is 11.5. The van der Waals surface area contributed by atoms with Crippen LogP contribution in [0.1, 0.15) is 31.5 Å². The van der Waals surface area contributed by atoms with Crippen molar-refractivity contribution >= 4 is 11.5 Å². The van der Waals surface area contributed by atoms with Crippen molar-refractivity contribution in [3.8, 4) is 0 Å². The second-order valence-corrected chi connectivity index (χ2v) is 4.84. The zero-order valence-electron chi connectivity index (χ0n) is 10.9. The highest BCUT2D eigenvalue weighted by Gasteiger charge is 2.07. The average Bonchev–Trinajstić information content (AvgIpc) is 3.00. The lowest BCUT2D eigenvalue weighted by molar-refractivity contribution is 0.859. The molecule has 0 saturated carbocycles. The highest BCUT2D eigenvalue weighted by atomic mass is 16.1. The molecule has 2 aromatic heterocycles. The van der Waals surface area contributed by atoms with Crippen LogP contribution in [0.25, 0.3) is 5.65 Å². The molecular weight excluding hydrogens is 242 g/mol. The number of fused-ring (bicyclic) bond motifs is 1. The van der Waals surface area contributed by atoms with Gasteiger partial charge in [0.2, 0.25) is 0 Å². The first-order chi connectivity index (χ1) is 9.24. The Morgan fingerprint density at radius 1 is 1.53 bits per heavy atom. The second-order valence-electron chi connectivity index (χ2n) is 4.84. The number of anilines is 1. The Hall–Kier alpha value is -2.11. The van der Waals surface area contributed by atoms with Gasteiger partial charge in [-0.3, -0.25) is 0 Å². The number of rotatable bonds is 4. The Labute approximate surface area is 110 Å². The van der Waals surface area contributed by atoms with Crippen LogP contribution >= 0.6 is 0 Å². The SMILES string of the molecule is Cc1nc(NCCC2=CCCC2)cc2n[nH]c(=O)n12. The van der Waals surface area contributed by atoms with Crippen molar-refractivity contribution in [2.45, 2.75) is 32.6 Å². The van der Waals surface area contributed by atoms with Crippen molar-refractivity contribution in [3.63, 3.8) is 0 Å². The number of H-pyrrole nitrogens is 1. The van der Waals surface area contributed by atoms with E-state index in [1.54, 1.807) is 13.0 Å². The molecule has 1 aliphatic carbocycles. The lowest BCUT2D eigenvalue weighted by Crippen LogP contribution is -2.14. The van der Waals surface area contributed by atoms with E-state index in [4.69, 9.17) is 0 Å². The molecule has 6 heteroatoms. The van der Waals surface area contributed by atoms with Gasteiger partial charge in [0.25, 0.3) is 0 Å². The number of hydrogen-bond acceptors (Lipinski definition) is 4. The molecule has 0 unspecified atom stereocenters. The van der Waals surface area contributed by atoms with Crippen molar-refractivity contribution in [3.05, 3.63) is 34.0 Å². The van der Waals surface area contributed by atoms with Gasteiger partial charge in [-0.15, -0.1) is 0 Å². The zero-order valence-corrected chi connectivity index (χ0v) is 10.9. The summed E-state index contributed by atoms with van der Waals surface area (Å²) in [6.45, 7) is 2.66. The summed E-state index contributed by atoms with van der Waals surface area (Å²) in [6.07, 6.45) is 7.11. The minimum Gasteiger partial charge on any atom is -0.370 e. The summed E-state index contributed by atoms with van der Waals surface area (Å²) in [5.41, 5.74) is 1.88. The quantitative estimate of drug-likeness (QED) is 0.818. The standard InChI is InChI=1S/C13H17N5O/c1-9-15-11(8-12-16-17-13(19)18(9)12)14-7-6-10-4-2-3-5-10/h4,8,14H,2-3,5-7H2,1H3,(H,17,19). The van der Waals surface area contributed by atoms with Gasteiger partial charge in [0.15, 0.2) is 5.65 Å². The fourth-order valence-electron chi connectivity index (χ4n) is 2.50. The van der Waals surface area contributed by atoms with Crippen LogP contribution in [0, 0.1) is 6.92 Å². The van der Waals surface area contributed by atoms with E-state index in [9.17, 15) is 4.79 Å². The average molecular weight is 259 g/mol. The molecule has 2 heterocycles. The van der Waals surface area contributed by atoms with Gasteiger partial charge in [0, 0.05) is 12.6 Å². The molecule has 0 amide bonds. The number of hydrogen-bond donors (Lipinski definition) is 2. The number of allylic oxidation sites excluding steroid dienone is 1. The predicted octanol–water partition coefficient (Wildman–Crippen LogP) is 1.64. The molecule has 2 aromatic rings. The van der Waals surface area contributed by atoms with Gasteiger partial charge >= 0.3 is 5.69 Å². The molecule has 0 saturated heterocycles. The third-order valence-electron chi connectivity index (χ3n) is 3.46. The monoisotopic (exact) mass is 259 g/mol. The van der Waals surface area contributed by atoms with Gasteiger partial charge in [-0.1, -0.05) is 11.6 Å². The van der Waals surface area contributed by atoms with E-state index in [0.717, 1.165) is 18.8 Å². The summed E-state index contributed by atoms with van der Waals surface area (Å²) in [5, 5.41) is 9.68. The molecule has 1 aliphatic rings. The van der Waals surface area contributed by atoms with E-state index in [1.807, 2.05) is 0 Å². The summed E-state index contributed by atoms with van der Waals surface area (Å²) >= 11 is 0. The Bertz CT molecular complexity index is 682. The van der Waals surface area contributed by atoms with Crippen LogP contribution in [0.5, 0.6) is 0 Å². The maximum absolute atomic E-state index is 11.5. The summed E-state index contributed by atoms with van der Waals surface area (Å²) in [5.74, 6) is 1.40. The molecule has 2 N–H and O–H groups in total. The van der Waals surface area contributed by atoms with Crippen LogP contribution in [0.4, 0.5) is 5.82 Å². The Balaban J connectivity index is 1.72. The van der Waals surface area contributed by atoms with Gasteiger partial charge in [-0.05, 0) is 32.6 Å². The molecule has 6 nitrogen and oxygen atoms in total. The third kappa shape index (κ3) is 2.38. The molecule has 0 fully saturated rings. The molecular formula is C13H17N5O. The molecule has 0 radical (unpaired) electrons. The topological polar surface area (TPSA) is 75.1 Å². The minimum atomic E-state index is -0.248. The molecule has 100 valence electrons. The van der Waals surface area contributed by atoms with Crippen LogP contribution in [0.15, 0.2) is 22.5 Å². The van der Waals surface area contributed by atoms with Gasteiger partial charge in [-0.25, -0.2) is 19.3 Å². The zero-order chi connectivity index (χ0) is 13.2. The fraction of sp³-hybridized carbons (Fsp3) is 0.462. The second kappa shape index (κ2) is 4.87. The lowest BCUT2D eigenvalue weighted by atomic mass is 10.2. The summed E-state index contributed by atoms with van der Waals surface area (Å²) in [7, 11) is 0. The predicted molar refractivity (Wildman–Crippen MR) is 73.4 cm³/mol. The number of nitrogens with zero attached hydrogens (tertiary/aromatic N) is 3. The molecule has 0 aromatic carbocycles. The summed E-state index contributed by atoms with van der Waals surface area (Å²) < 4.78 is 1.46. The smallest absolute Gasteiger partial charge is 0.349 e. The van der Waals surface area contributed by atoms with E-state index in [0.29, 0.717) is 11.5 Å². The number of aromatic amines is 1. The highest BCUT2D eigenvalue weighted by molar-refractivity contribution is 5.49. The largest absolute Gasteiger partial charge is 0.370 e. The first-order valence-corrected chi connectivity index (χ1v) is 6.60. The van der Waals surface area contributed by atoms with E-state index < -0.39 is 0 Å². The summed E-state index contributed by atoms with van der Waals surface area (Å²) in [6, 6.07) is 1.79. The maximum Gasteiger partial charge on any atom is 0.349 e. The van der Waals surface area contributed by atoms with Gasteiger partial charge in [-0.2, -0.15) is 5.10 Å². The van der Waals surface area contributed by atoms with Gasteiger partial charge in [0.1, 0.15) is 11.6 Å². The van der Waals surface area contributed by atoms with Crippen molar-refractivity contribution < 1.29 is 0 Å². The highest BCUT2D eigenvalue weighted by Crippen LogP contribution is 2.20. The first-order valence-electron chi connectivity index (χ1n) is 6.60. The first kappa shape index (κ1) is 12.0. The summed E-state index contributed by atoms with van der Waals surface area (Å²) in [4.78, 5) is 15.8. The lowest BCUT2D eigenvalue weighted by Gasteiger charge is -2.07. The van der Waals surface area contributed by atoms with Crippen molar-refractivity contribution in [2.24, 2.45) is 0 Å². The number of aryl methyl sites for hydroxylation is 1. The fourth-order valence-corrected chi connectivity index (χ4v) is 2.50. The Morgan fingerprint density at radius 3 is 3.21 bits per heavy atom.